The molecule has 3 heteroatoms. The third kappa shape index (κ3) is 2.35. The molecular formula is C8H13NO2. The maximum Gasteiger partial charge on any atom is 0.244 e. The summed E-state index contributed by atoms with van der Waals surface area (Å²) < 4.78 is 5.14. The van der Waals surface area contributed by atoms with Crippen molar-refractivity contribution in [3.05, 3.63) is 12.2 Å². The van der Waals surface area contributed by atoms with Gasteiger partial charge in [0.05, 0.1) is 0 Å². The second kappa shape index (κ2) is 3.53. The molecule has 11 heavy (non-hydrogen) atoms. The lowest BCUT2D eigenvalue weighted by Crippen LogP contribution is -2.15. The highest BCUT2D eigenvalue weighted by Crippen LogP contribution is 2.19. The van der Waals surface area contributed by atoms with Crippen LogP contribution in [-0.2, 0) is 9.53 Å². The average Bonchev–Trinajstić information content (AvgIpc) is 2.39. The Kier molecular flexibility index (Phi) is 2.65. The maximum absolute atomic E-state index is 10.6. The van der Waals surface area contributed by atoms with Crippen LogP contribution in [0.5, 0.6) is 0 Å². The van der Waals surface area contributed by atoms with Gasteiger partial charge in [0.2, 0.25) is 5.91 Å². The van der Waals surface area contributed by atoms with E-state index < -0.39 is 5.91 Å². The minimum Gasteiger partial charge on any atom is -0.381 e. The van der Waals surface area contributed by atoms with Crippen molar-refractivity contribution < 1.29 is 9.53 Å². The number of primary amides is 1. The van der Waals surface area contributed by atoms with Crippen LogP contribution in [0.25, 0.3) is 0 Å². The summed E-state index contributed by atoms with van der Waals surface area (Å²) in [4.78, 5) is 10.6. The van der Waals surface area contributed by atoms with Crippen molar-refractivity contribution in [2.75, 3.05) is 13.2 Å². The van der Waals surface area contributed by atoms with Crippen molar-refractivity contribution in [3.8, 4) is 0 Å². The highest BCUT2D eigenvalue weighted by atomic mass is 16.5. The van der Waals surface area contributed by atoms with E-state index in [9.17, 15) is 4.79 Å². The number of amides is 1. The maximum atomic E-state index is 10.6. The fourth-order valence-corrected chi connectivity index (χ4v) is 1.19. The summed E-state index contributed by atoms with van der Waals surface area (Å²) >= 11 is 0. The Morgan fingerprint density at radius 2 is 2.45 bits per heavy atom. The van der Waals surface area contributed by atoms with Crippen molar-refractivity contribution in [3.63, 3.8) is 0 Å². The Morgan fingerprint density at radius 3 is 2.91 bits per heavy atom. The van der Waals surface area contributed by atoms with Crippen LogP contribution in [0.2, 0.25) is 0 Å². The smallest absolute Gasteiger partial charge is 0.244 e. The van der Waals surface area contributed by atoms with Gasteiger partial charge in [-0.05, 0) is 18.8 Å². The van der Waals surface area contributed by atoms with Gasteiger partial charge in [-0.15, -0.1) is 0 Å². The van der Waals surface area contributed by atoms with Gasteiger partial charge in [-0.25, -0.2) is 0 Å². The van der Waals surface area contributed by atoms with E-state index in [1.165, 1.54) is 0 Å². The minimum atomic E-state index is -0.392. The molecule has 3 nitrogen and oxygen atoms in total. The van der Waals surface area contributed by atoms with Gasteiger partial charge in [-0.1, -0.05) is 6.58 Å². The van der Waals surface area contributed by atoms with Gasteiger partial charge in [-0.3, -0.25) is 4.79 Å². The van der Waals surface area contributed by atoms with Crippen molar-refractivity contribution >= 4 is 5.91 Å². The van der Waals surface area contributed by atoms with Gasteiger partial charge in [0.15, 0.2) is 0 Å². The topological polar surface area (TPSA) is 52.3 Å². The summed E-state index contributed by atoms with van der Waals surface area (Å²) in [5.41, 5.74) is 5.55. The Labute approximate surface area is 66.2 Å². The first-order valence-electron chi connectivity index (χ1n) is 3.75. The third-order valence-electron chi connectivity index (χ3n) is 1.91. The molecule has 0 radical (unpaired) electrons. The van der Waals surface area contributed by atoms with E-state index in [0.717, 1.165) is 19.6 Å². The molecule has 0 aromatic rings. The molecule has 1 heterocycles. The van der Waals surface area contributed by atoms with E-state index in [2.05, 4.69) is 6.58 Å². The summed E-state index contributed by atoms with van der Waals surface area (Å²) in [5.74, 6) is 0.0619. The van der Waals surface area contributed by atoms with Crippen LogP contribution >= 0.6 is 0 Å². The molecule has 0 aliphatic carbocycles. The first kappa shape index (κ1) is 8.27. The molecule has 1 amide bonds. The van der Waals surface area contributed by atoms with Gasteiger partial charge < -0.3 is 10.5 Å². The molecule has 2 N–H and O–H groups in total. The summed E-state index contributed by atoms with van der Waals surface area (Å²) in [5, 5.41) is 0. The first-order valence-corrected chi connectivity index (χ1v) is 3.75. The van der Waals surface area contributed by atoms with Crippen LogP contribution in [0, 0.1) is 5.92 Å². The number of carbonyl (C=O) groups is 1. The molecule has 1 rings (SSSR count). The van der Waals surface area contributed by atoms with Crippen LogP contribution in [0.3, 0.4) is 0 Å². The molecule has 0 spiro atoms. The van der Waals surface area contributed by atoms with E-state index in [0.29, 0.717) is 17.9 Å². The van der Waals surface area contributed by atoms with Crippen molar-refractivity contribution in [1.29, 1.82) is 0 Å². The van der Waals surface area contributed by atoms with Crippen molar-refractivity contribution in [1.82, 2.24) is 0 Å². The normalized spacial score (nSPS) is 23.5. The van der Waals surface area contributed by atoms with E-state index in [4.69, 9.17) is 10.5 Å². The second-order valence-electron chi connectivity index (χ2n) is 2.90. The second-order valence-corrected chi connectivity index (χ2v) is 2.90. The van der Waals surface area contributed by atoms with E-state index in [-0.39, 0.29) is 0 Å². The summed E-state index contributed by atoms with van der Waals surface area (Å²) in [7, 11) is 0. The summed E-state index contributed by atoms with van der Waals surface area (Å²) in [6.07, 6.45) is 1.71. The highest BCUT2D eigenvalue weighted by molar-refractivity contribution is 5.91. The van der Waals surface area contributed by atoms with E-state index >= 15 is 0 Å². The quantitative estimate of drug-likeness (QED) is 0.602. The zero-order valence-electron chi connectivity index (χ0n) is 6.51. The molecule has 0 aromatic heterocycles. The Hall–Kier alpha value is -0.830. The molecule has 0 saturated carbocycles. The van der Waals surface area contributed by atoms with Crippen molar-refractivity contribution in [2.24, 2.45) is 11.7 Å². The fraction of sp³-hybridized carbons (Fsp3) is 0.625. The Morgan fingerprint density at radius 1 is 1.73 bits per heavy atom. The molecule has 1 atom stereocenters. The molecule has 1 aliphatic heterocycles. The fourth-order valence-electron chi connectivity index (χ4n) is 1.19. The van der Waals surface area contributed by atoms with Gasteiger partial charge in [0.1, 0.15) is 0 Å². The van der Waals surface area contributed by atoms with Gasteiger partial charge in [0, 0.05) is 18.8 Å². The zero-order valence-corrected chi connectivity index (χ0v) is 6.51. The summed E-state index contributed by atoms with van der Waals surface area (Å²) in [6, 6.07) is 0. The number of nitrogens with two attached hydrogens (primary N) is 1. The first-order chi connectivity index (χ1) is 5.20. The molecule has 0 unspecified atom stereocenters. The highest BCUT2D eigenvalue weighted by Gasteiger charge is 2.17. The van der Waals surface area contributed by atoms with Crippen LogP contribution in [0.15, 0.2) is 12.2 Å². The number of hydrogen-bond donors (Lipinski definition) is 1. The van der Waals surface area contributed by atoms with Gasteiger partial charge in [-0.2, -0.15) is 0 Å². The van der Waals surface area contributed by atoms with Crippen LogP contribution in [-0.4, -0.2) is 19.1 Å². The van der Waals surface area contributed by atoms with E-state index in [1.54, 1.807) is 0 Å². The molecule has 1 fully saturated rings. The third-order valence-corrected chi connectivity index (χ3v) is 1.91. The van der Waals surface area contributed by atoms with Crippen molar-refractivity contribution in [2.45, 2.75) is 12.8 Å². The standard InChI is InChI=1S/C8H13NO2/c1-6(8(9)10)4-7-2-3-11-5-7/h7H,1-5H2,(H2,9,10)/t7-/m1/s1. The van der Waals surface area contributed by atoms with Crippen LogP contribution in [0.1, 0.15) is 12.8 Å². The lowest BCUT2D eigenvalue weighted by atomic mass is 10.00. The van der Waals surface area contributed by atoms with Crippen LogP contribution in [0.4, 0.5) is 0 Å². The minimum absolute atomic E-state index is 0.392. The molecule has 62 valence electrons. The molecule has 1 aliphatic rings. The monoisotopic (exact) mass is 155 g/mol. The average molecular weight is 155 g/mol. The van der Waals surface area contributed by atoms with Gasteiger partial charge in [0.25, 0.3) is 0 Å². The predicted octanol–water partition coefficient (Wildman–Crippen LogP) is 0.455. The lowest BCUT2D eigenvalue weighted by Gasteiger charge is -2.06. The Bertz CT molecular complexity index is 171. The molecular weight excluding hydrogens is 142 g/mol. The molecule has 0 aromatic carbocycles. The summed E-state index contributed by atoms with van der Waals surface area (Å²) in [6.45, 7) is 5.13. The largest absolute Gasteiger partial charge is 0.381 e. The predicted molar refractivity (Wildman–Crippen MR) is 41.9 cm³/mol. The number of hydrogen-bond acceptors (Lipinski definition) is 2. The van der Waals surface area contributed by atoms with E-state index in [1.807, 2.05) is 0 Å². The lowest BCUT2D eigenvalue weighted by molar-refractivity contribution is -0.114. The number of ether oxygens (including phenoxy) is 1. The number of rotatable bonds is 3. The van der Waals surface area contributed by atoms with Gasteiger partial charge >= 0.3 is 0 Å². The SMILES string of the molecule is C=C(C[C@H]1CCOC1)C(N)=O. The zero-order chi connectivity index (χ0) is 8.27. The molecule has 0 bridgehead atoms. The molecule has 1 saturated heterocycles. The number of carbonyl (C=O) groups excluding carboxylic acids is 1. The Balaban J connectivity index is 2.29. The van der Waals surface area contributed by atoms with Crippen LogP contribution < -0.4 is 5.73 Å².